The number of ether oxygens (including phenoxy) is 1. The summed E-state index contributed by atoms with van der Waals surface area (Å²) in [6.45, 7) is 3.22. The highest BCUT2D eigenvalue weighted by Crippen LogP contribution is 2.09. The Morgan fingerprint density at radius 1 is 1.33 bits per heavy atom. The van der Waals surface area contributed by atoms with Crippen molar-refractivity contribution in [1.29, 1.82) is 10.5 Å². The van der Waals surface area contributed by atoms with Crippen LogP contribution in [-0.4, -0.2) is 18.4 Å². The Bertz CT molecular complexity index is 325. The molecule has 0 aliphatic rings. The smallest absolute Gasteiger partial charge is 0.323 e. The highest BCUT2D eigenvalue weighted by molar-refractivity contribution is 5.88. The predicted molar refractivity (Wildman–Crippen MR) is 50.1 cm³/mol. The number of carbonyl (C=O) groups excluding carboxylic acids is 2. The monoisotopic (exact) mass is 208 g/mol. The fourth-order valence-electron chi connectivity index (χ4n) is 0.874. The molecule has 0 N–H and O–H groups in total. The first kappa shape index (κ1) is 13.1. The lowest BCUT2D eigenvalue weighted by atomic mass is 9.97. The van der Waals surface area contributed by atoms with E-state index in [0.29, 0.717) is 0 Å². The summed E-state index contributed by atoms with van der Waals surface area (Å²) in [6, 6.07) is 3.45. The summed E-state index contributed by atoms with van der Waals surface area (Å²) in [6.07, 6.45) is -0.260. The van der Waals surface area contributed by atoms with Gasteiger partial charge in [0, 0.05) is 6.42 Å². The van der Waals surface area contributed by atoms with Crippen molar-refractivity contribution in [1.82, 2.24) is 0 Å². The third-order valence-corrected chi connectivity index (χ3v) is 1.81. The molecule has 0 heterocycles. The van der Waals surface area contributed by atoms with E-state index in [-0.39, 0.29) is 13.0 Å². The molecule has 0 saturated heterocycles. The van der Waals surface area contributed by atoms with E-state index >= 15 is 0 Å². The summed E-state index contributed by atoms with van der Waals surface area (Å²) in [5, 5.41) is 17.1. The maximum atomic E-state index is 11.3. The Morgan fingerprint density at radius 3 is 2.33 bits per heavy atom. The van der Waals surface area contributed by atoms with Crippen molar-refractivity contribution in [2.45, 2.75) is 20.3 Å². The molecule has 0 amide bonds. The fraction of sp³-hybridized carbons (Fsp3) is 0.600. The second kappa shape index (κ2) is 6.56. The maximum absolute atomic E-state index is 11.3. The number of esters is 1. The minimum atomic E-state index is -1.10. The maximum Gasteiger partial charge on any atom is 0.323 e. The van der Waals surface area contributed by atoms with Crippen LogP contribution in [0, 0.1) is 34.5 Å². The van der Waals surface area contributed by atoms with Gasteiger partial charge in [0.25, 0.3) is 0 Å². The average Bonchev–Trinajstić information content (AvgIpc) is 2.24. The summed E-state index contributed by atoms with van der Waals surface area (Å²) in [7, 11) is 0. The van der Waals surface area contributed by atoms with E-state index in [0.717, 1.165) is 0 Å². The lowest BCUT2D eigenvalue weighted by Crippen LogP contribution is -2.22. The summed E-state index contributed by atoms with van der Waals surface area (Å²) in [4.78, 5) is 22.4. The Labute approximate surface area is 88.2 Å². The van der Waals surface area contributed by atoms with Gasteiger partial charge in [-0.05, 0) is 13.8 Å². The lowest BCUT2D eigenvalue weighted by Gasteiger charge is -2.07. The molecule has 0 aliphatic heterocycles. The zero-order chi connectivity index (χ0) is 11.8. The number of nitrogens with zero attached hydrogens (tertiary/aromatic N) is 2. The van der Waals surface area contributed by atoms with E-state index in [9.17, 15) is 9.59 Å². The first-order chi connectivity index (χ1) is 7.06. The highest BCUT2D eigenvalue weighted by atomic mass is 16.5. The molecule has 2 atom stereocenters. The standard InChI is InChI=1S/C10H12N2O3/c1-3-15-10(14)8(6-12)4-9(13)7(2)5-11/h7-8H,3-4H2,1-2H3. The van der Waals surface area contributed by atoms with E-state index < -0.39 is 23.6 Å². The number of hydrogen-bond acceptors (Lipinski definition) is 5. The first-order valence-corrected chi connectivity index (χ1v) is 4.55. The summed E-state index contributed by atoms with van der Waals surface area (Å²) < 4.78 is 4.61. The molecule has 80 valence electrons. The predicted octanol–water partition coefficient (Wildman–Crippen LogP) is 0.808. The molecule has 15 heavy (non-hydrogen) atoms. The molecule has 0 bridgehead atoms. The number of nitriles is 2. The van der Waals surface area contributed by atoms with Crippen LogP contribution >= 0.6 is 0 Å². The van der Waals surface area contributed by atoms with E-state index in [2.05, 4.69) is 4.74 Å². The van der Waals surface area contributed by atoms with Crippen molar-refractivity contribution in [3.63, 3.8) is 0 Å². The molecule has 0 fully saturated rings. The lowest BCUT2D eigenvalue weighted by molar-refractivity contribution is -0.147. The van der Waals surface area contributed by atoms with Crippen LogP contribution in [0.5, 0.6) is 0 Å². The molecule has 0 aliphatic carbocycles. The van der Waals surface area contributed by atoms with Gasteiger partial charge in [-0.15, -0.1) is 0 Å². The Kier molecular flexibility index (Phi) is 5.73. The second-order valence-corrected chi connectivity index (χ2v) is 2.95. The third kappa shape index (κ3) is 4.24. The number of Topliss-reactive ketones (excluding diaryl/α,β-unsaturated/α-hetero) is 1. The van der Waals surface area contributed by atoms with Gasteiger partial charge in [0.15, 0.2) is 11.7 Å². The minimum Gasteiger partial charge on any atom is -0.465 e. The summed E-state index contributed by atoms with van der Waals surface area (Å²) in [5.74, 6) is -3.03. The minimum absolute atomic E-state index is 0.166. The van der Waals surface area contributed by atoms with Gasteiger partial charge in [-0.25, -0.2) is 0 Å². The van der Waals surface area contributed by atoms with Crippen molar-refractivity contribution in [3.05, 3.63) is 0 Å². The Hall–Kier alpha value is -1.88. The van der Waals surface area contributed by atoms with Gasteiger partial charge in [0.2, 0.25) is 0 Å². The van der Waals surface area contributed by atoms with Crippen molar-refractivity contribution in [2.75, 3.05) is 6.61 Å². The van der Waals surface area contributed by atoms with Crippen LogP contribution in [0.3, 0.4) is 0 Å². The van der Waals surface area contributed by atoms with Crippen LogP contribution in [0.15, 0.2) is 0 Å². The van der Waals surface area contributed by atoms with E-state index in [1.54, 1.807) is 19.1 Å². The van der Waals surface area contributed by atoms with Gasteiger partial charge in [0.1, 0.15) is 5.92 Å². The molecular weight excluding hydrogens is 196 g/mol. The molecule has 5 nitrogen and oxygen atoms in total. The van der Waals surface area contributed by atoms with Gasteiger partial charge in [-0.2, -0.15) is 10.5 Å². The Balaban J connectivity index is 4.37. The SMILES string of the molecule is CCOC(=O)C(C#N)CC(=O)C(C)C#N. The van der Waals surface area contributed by atoms with Crippen molar-refractivity contribution >= 4 is 11.8 Å². The normalized spacial score (nSPS) is 13.1. The molecule has 5 heteroatoms. The zero-order valence-electron chi connectivity index (χ0n) is 8.69. The van der Waals surface area contributed by atoms with E-state index in [1.165, 1.54) is 6.92 Å². The fourth-order valence-corrected chi connectivity index (χ4v) is 0.874. The van der Waals surface area contributed by atoms with E-state index in [4.69, 9.17) is 10.5 Å². The molecule has 0 aromatic rings. The molecule has 0 rings (SSSR count). The van der Waals surface area contributed by atoms with Crippen molar-refractivity contribution in [2.24, 2.45) is 11.8 Å². The molecule has 0 aromatic heterocycles. The van der Waals surface area contributed by atoms with Gasteiger partial charge in [-0.3, -0.25) is 9.59 Å². The van der Waals surface area contributed by atoms with Crippen molar-refractivity contribution in [3.8, 4) is 12.1 Å². The largest absolute Gasteiger partial charge is 0.465 e. The summed E-state index contributed by atoms with van der Waals surface area (Å²) in [5.41, 5.74) is 0. The molecule has 0 aromatic carbocycles. The van der Waals surface area contributed by atoms with Gasteiger partial charge < -0.3 is 4.74 Å². The van der Waals surface area contributed by atoms with Crippen LogP contribution in [-0.2, 0) is 14.3 Å². The van der Waals surface area contributed by atoms with Gasteiger partial charge >= 0.3 is 5.97 Å². The number of ketones is 1. The zero-order valence-corrected chi connectivity index (χ0v) is 8.69. The van der Waals surface area contributed by atoms with Crippen LogP contribution in [0.25, 0.3) is 0 Å². The Morgan fingerprint density at radius 2 is 1.93 bits per heavy atom. The number of carbonyl (C=O) groups is 2. The molecular formula is C10H12N2O3. The second-order valence-electron chi connectivity index (χ2n) is 2.95. The van der Waals surface area contributed by atoms with Gasteiger partial charge in [0.05, 0.1) is 18.7 Å². The quantitative estimate of drug-likeness (QED) is 0.623. The van der Waals surface area contributed by atoms with Crippen LogP contribution in [0.1, 0.15) is 20.3 Å². The number of rotatable bonds is 5. The molecule has 2 unspecified atom stereocenters. The van der Waals surface area contributed by atoms with Crippen LogP contribution in [0.2, 0.25) is 0 Å². The molecule has 0 radical (unpaired) electrons. The van der Waals surface area contributed by atoms with Crippen LogP contribution in [0.4, 0.5) is 0 Å². The molecule has 0 saturated carbocycles. The summed E-state index contributed by atoms with van der Waals surface area (Å²) >= 11 is 0. The first-order valence-electron chi connectivity index (χ1n) is 4.55. The molecule has 0 spiro atoms. The highest BCUT2D eigenvalue weighted by Gasteiger charge is 2.25. The number of hydrogen-bond donors (Lipinski definition) is 0. The topological polar surface area (TPSA) is 90.9 Å². The van der Waals surface area contributed by atoms with Crippen LogP contribution < -0.4 is 0 Å². The third-order valence-electron chi connectivity index (χ3n) is 1.81. The average molecular weight is 208 g/mol. The van der Waals surface area contributed by atoms with E-state index in [1.807, 2.05) is 0 Å². The van der Waals surface area contributed by atoms with Crippen molar-refractivity contribution < 1.29 is 14.3 Å². The van der Waals surface area contributed by atoms with Gasteiger partial charge in [-0.1, -0.05) is 0 Å².